The van der Waals surface area contributed by atoms with Crippen LogP contribution in [0.2, 0.25) is 0 Å². The molecule has 6 fully saturated rings. The highest BCUT2D eigenvalue weighted by molar-refractivity contribution is 5.75. The third-order valence-electron chi connectivity index (χ3n) is 14.2. The summed E-state index contributed by atoms with van der Waals surface area (Å²) >= 11 is 0. The van der Waals surface area contributed by atoms with Gasteiger partial charge in [-0.15, -0.1) is 0 Å². The van der Waals surface area contributed by atoms with Crippen molar-refractivity contribution in [3.05, 3.63) is 0 Å². The summed E-state index contributed by atoms with van der Waals surface area (Å²) in [7, 11) is 4.04. The van der Waals surface area contributed by atoms with E-state index in [9.17, 15) is 9.59 Å². The van der Waals surface area contributed by atoms with Crippen LogP contribution in [0.4, 0.5) is 0 Å². The zero-order valence-corrected chi connectivity index (χ0v) is 29.7. The second-order valence-corrected chi connectivity index (χ2v) is 17.3. The Morgan fingerprint density at radius 3 is 2.28 bits per heavy atom. The fraction of sp³-hybridized carbons (Fsp3) is 0.946. The smallest absolute Gasteiger partial charge is 0.302 e. The fourth-order valence-electron chi connectivity index (χ4n) is 11.4. The summed E-state index contributed by atoms with van der Waals surface area (Å²) < 4.78 is 6.33. The molecule has 6 rings (SSSR count). The normalized spacial score (nSPS) is 46.0. The van der Waals surface area contributed by atoms with Gasteiger partial charge in [-0.25, -0.2) is 0 Å². The second-order valence-electron chi connectivity index (χ2n) is 17.3. The van der Waals surface area contributed by atoms with E-state index in [4.69, 9.17) is 24.3 Å². The Hall–Kier alpha value is -1.26. The molecule has 46 heavy (non-hydrogen) atoms. The van der Waals surface area contributed by atoms with E-state index in [0.29, 0.717) is 54.4 Å². The van der Waals surface area contributed by atoms with Gasteiger partial charge in [-0.2, -0.15) is 19.6 Å². The maximum absolute atomic E-state index is 12.6. The average Bonchev–Trinajstić information content (AvgIpc) is 3.38. The van der Waals surface area contributed by atoms with E-state index in [1.54, 1.807) is 6.92 Å². The number of nitrogens with zero attached hydrogens (tertiary/aromatic N) is 1. The van der Waals surface area contributed by atoms with E-state index < -0.39 is 11.6 Å². The lowest BCUT2D eigenvalue weighted by molar-refractivity contribution is -0.665. The monoisotopic (exact) mass is 646 g/mol. The van der Waals surface area contributed by atoms with Gasteiger partial charge in [0.15, 0.2) is 0 Å². The maximum atomic E-state index is 12.6. The number of amides is 1. The molecule has 1 heterocycles. The lowest BCUT2D eigenvalue weighted by Gasteiger charge is -2.63. The fourth-order valence-corrected chi connectivity index (χ4v) is 11.4. The zero-order chi connectivity index (χ0) is 32.9. The molecular formula is C37H62N2O7. The summed E-state index contributed by atoms with van der Waals surface area (Å²) in [5.41, 5.74) is 0.0419. The first-order valence-corrected chi connectivity index (χ1v) is 18.6. The van der Waals surface area contributed by atoms with E-state index in [0.717, 1.165) is 77.2 Å². The molecular weight excluding hydrogens is 584 g/mol. The highest BCUT2D eigenvalue weighted by Crippen LogP contribution is 2.70. The van der Waals surface area contributed by atoms with Crippen molar-refractivity contribution in [1.29, 1.82) is 0 Å². The van der Waals surface area contributed by atoms with Crippen molar-refractivity contribution in [3.63, 3.8) is 0 Å². The molecule has 1 aliphatic heterocycles. The van der Waals surface area contributed by atoms with Crippen molar-refractivity contribution in [2.75, 3.05) is 27.2 Å². The highest BCUT2D eigenvalue weighted by atomic mass is 17.4. The quantitative estimate of drug-likeness (QED) is 0.228. The van der Waals surface area contributed by atoms with Gasteiger partial charge in [0.05, 0.1) is 0 Å². The van der Waals surface area contributed by atoms with Crippen molar-refractivity contribution < 1.29 is 33.9 Å². The lowest BCUT2D eigenvalue weighted by atomic mass is 9.43. The summed E-state index contributed by atoms with van der Waals surface area (Å²) in [6.07, 6.45) is 13.1. The van der Waals surface area contributed by atoms with Gasteiger partial charge in [0, 0.05) is 57.5 Å². The predicted octanol–water partition coefficient (Wildman–Crippen LogP) is 6.79. The Morgan fingerprint density at radius 1 is 0.913 bits per heavy atom. The van der Waals surface area contributed by atoms with Crippen LogP contribution in [0.5, 0.6) is 0 Å². The standard InChI is InChI=1S/C37H62N2O7/c1-24-14-16-36(17-15-24)43-45-37(46-44-36)19-18-34(4)27(23-37)9-10-28-30-12-11-29(25(2)8-13-33(41)38-20-21-39(6)7)35(30,5)32(22-31(28)34)42-26(3)40/h24-25,27-32H,8-23H2,1-7H3,(H,38,41)/t24?,25?,27-,28?,29-,30?,31?,32+,34+,35-,36?,37?/m1/s1. The molecule has 9 nitrogen and oxygen atoms in total. The largest absolute Gasteiger partial charge is 0.462 e. The SMILES string of the molecule is CC(=O)O[C@H]1CC2C(CC[C@@H]3CC4(CC[C@]23C)OOC2(CCC(C)CC2)OO4)C2CC[C@H](C(C)CCC(=O)NCCN(C)C)[C@]21C. The molecule has 1 amide bonds. The van der Waals surface area contributed by atoms with Crippen LogP contribution < -0.4 is 5.32 Å². The first-order valence-electron chi connectivity index (χ1n) is 18.6. The Labute approximate surface area is 277 Å². The van der Waals surface area contributed by atoms with Gasteiger partial charge in [0.2, 0.25) is 17.5 Å². The number of esters is 1. The van der Waals surface area contributed by atoms with Crippen molar-refractivity contribution in [3.8, 4) is 0 Å². The minimum Gasteiger partial charge on any atom is -0.462 e. The molecule has 5 saturated carbocycles. The van der Waals surface area contributed by atoms with Gasteiger partial charge in [-0.1, -0.05) is 27.7 Å². The van der Waals surface area contributed by atoms with Crippen molar-refractivity contribution in [1.82, 2.24) is 10.2 Å². The molecule has 0 radical (unpaired) electrons. The number of rotatable bonds is 8. The first-order chi connectivity index (χ1) is 21.8. The van der Waals surface area contributed by atoms with E-state index >= 15 is 0 Å². The minimum atomic E-state index is -0.837. The predicted molar refractivity (Wildman–Crippen MR) is 174 cm³/mol. The van der Waals surface area contributed by atoms with E-state index in [-0.39, 0.29) is 28.8 Å². The number of hydrogen-bond donors (Lipinski definition) is 1. The van der Waals surface area contributed by atoms with Crippen LogP contribution in [0.1, 0.15) is 125 Å². The number of ether oxygens (including phenoxy) is 1. The maximum Gasteiger partial charge on any atom is 0.302 e. The topological polar surface area (TPSA) is 95.6 Å². The molecule has 2 spiro atoms. The molecule has 1 saturated heterocycles. The molecule has 0 aromatic carbocycles. The van der Waals surface area contributed by atoms with Crippen LogP contribution in [0.15, 0.2) is 0 Å². The van der Waals surface area contributed by atoms with Gasteiger partial charge in [-0.05, 0) is 119 Å². The Morgan fingerprint density at radius 2 is 1.61 bits per heavy atom. The molecule has 9 atom stereocenters. The Balaban J connectivity index is 1.13. The van der Waals surface area contributed by atoms with Gasteiger partial charge in [0.1, 0.15) is 6.10 Å². The van der Waals surface area contributed by atoms with Crippen LogP contribution in [0.3, 0.4) is 0 Å². The van der Waals surface area contributed by atoms with Crippen LogP contribution in [-0.4, -0.2) is 61.6 Å². The number of carbonyl (C=O) groups excluding carboxylic acids is 2. The van der Waals surface area contributed by atoms with E-state index in [1.807, 2.05) is 14.1 Å². The molecule has 4 unspecified atom stereocenters. The van der Waals surface area contributed by atoms with Crippen molar-refractivity contribution >= 4 is 11.9 Å². The van der Waals surface area contributed by atoms with E-state index in [1.165, 1.54) is 12.8 Å². The summed E-state index contributed by atoms with van der Waals surface area (Å²) in [6.45, 7) is 12.6. The minimum absolute atomic E-state index is 0.0736. The summed E-state index contributed by atoms with van der Waals surface area (Å²) in [5, 5.41) is 3.08. The van der Waals surface area contributed by atoms with Crippen LogP contribution in [0.25, 0.3) is 0 Å². The van der Waals surface area contributed by atoms with Crippen LogP contribution in [-0.2, 0) is 33.9 Å². The van der Waals surface area contributed by atoms with Crippen LogP contribution >= 0.6 is 0 Å². The average molecular weight is 647 g/mol. The number of fused-ring (bicyclic) bond motifs is 5. The number of hydrogen-bond acceptors (Lipinski definition) is 8. The third-order valence-corrected chi connectivity index (χ3v) is 14.2. The van der Waals surface area contributed by atoms with Gasteiger partial charge < -0.3 is 15.0 Å². The van der Waals surface area contributed by atoms with Crippen molar-refractivity contribution in [2.24, 2.45) is 52.3 Å². The molecule has 0 aromatic rings. The number of likely N-dealkylation sites (N-methyl/N-ethyl adjacent to an activating group) is 1. The molecule has 5 aliphatic carbocycles. The summed E-state index contributed by atoms with van der Waals surface area (Å²) in [4.78, 5) is 51.8. The summed E-state index contributed by atoms with van der Waals surface area (Å²) in [5.74, 6) is 1.93. The highest BCUT2D eigenvalue weighted by Gasteiger charge is 2.67. The molecule has 6 aliphatic rings. The van der Waals surface area contributed by atoms with Gasteiger partial charge >= 0.3 is 5.97 Å². The zero-order valence-electron chi connectivity index (χ0n) is 29.7. The number of nitrogens with one attached hydrogen (secondary N) is 1. The summed E-state index contributed by atoms with van der Waals surface area (Å²) in [6, 6.07) is 0. The van der Waals surface area contributed by atoms with Gasteiger partial charge in [-0.3, -0.25) is 9.59 Å². The molecule has 0 bridgehead atoms. The molecule has 1 N–H and O–H groups in total. The number of carbonyl (C=O) groups is 2. The van der Waals surface area contributed by atoms with E-state index in [2.05, 4.69) is 37.9 Å². The van der Waals surface area contributed by atoms with Gasteiger partial charge in [0.25, 0.3) is 0 Å². The molecule has 262 valence electrons. The van der Waals surface area contributed by atoms with Crippen LogP contribution in [0, 0.1) is 52.3 Å². The second kappa shape index (κ2) is 13.2. The molecule has 9 heteroatoms. The Bertz CT molecular complexity index is 1100. The molecule has 0 aromatic heterocycles. The first kappa shape index (κ1) is 34.6. The van der Waals surface area contributed by atoms with Crippen molar-refractivity contribution in [2.45, 2.75) is 142 Å². The Kier molecular flexibility index (Phi) is 9.94. The third kappa shape index (κ3) is 6.41. The lowest BCUT2D eigenvalue weighted by Crippen LogP contribution is -2.62.